The van der Waals surface area contributed by atoms with Crippen LogP contribution in [0.2, 0.25) is 0 Å². The van der Waals surface area contributed by atoms with Crippen LogP contribution in [0.4, 0.5) is 0 Å². The highest BCUT2D eigenvalue weighted by molar-refractivity contribution is 5.91. The number of rotatable bonds is 3. The molecule has 6 nitrogen and oxygen atoms in total. The summed E-state index contributed by atoms with van der Waals surface area (Å²) < 4.78 is 15.7. The van der Waals surface area contributed by atoms with E-state index in [1.807, 2.05) is 0 Å². The van der Waals surface area contributed by atoms with Gasteiger partial charge in [0.2, 0.25) is 11.2 Å². The average molecular weight is 314 g/mol. The number of aromatic hydroxyl groups is 2. The fraction of sp³-hybridized carbons (Fsp3) is 0.118. The topological polar surface area (TPSA) is 89.1 Å². The lowest BCUT2D eigenvalue weighted by atomic mass is 10.0. The van der Waals surface area contributed by atoms with Crippen molar-refractivity contribution in [1.29, 1.82) is 0 Å². The lowest BCUT2D eigenvalue weighted by Gasteiger charge is -2.12. The van der Waals surface area contributed by atoms with Crippen molar-refractivity contribution in [3.05, 3.63) is 46.8 Å². The highest BCUT2D eigenvalue weighted by Gasteiger charge is 2.21. The third kappa shape index (κ3) is 2.24. The molecule has 0 unspecified atom stereocenters. The number of phenolic OH excluding ortho intramolecular Hbond substituents is 2. The molecular weight excluding hydrogens is 300 g/mol. The van der Waals surface area contributed by atoms with Crippen LogP contribution in [0, 0.1) is 0 Å². The highest BCUT2D eigenvalue weighted by Crippen LogP contribution is 2.42. The molecule has 0 aliphatic carbocycles. The van der Waals surface area contributed by atoms with E-state index in [0.29, 0.717) is 5.56 Å². The molecule has 0 amide bonds. The Kier molecular flexibility index (Phi) is 3.57. The molecule has 3 aromatic rings. The third-order valence-corrected chi connectivity index (χ3v) is 3.58. The predicted molar refractivity (Wildman–Crippen MR) is 84.4 cm³/mol. The zero-order valence-corrected chi connectivity index (χ0v) is 12.5. The molecular formula is C17H14O6. The standard InChI is InChI=1S/C17H14O6/c1-21-13-7-12-14(16(20)17(13)22-2)15(19)10(8-23-12)9-5-3-4-6-11(9)18/h3-8,18,20H,1-2H3. The van der Waals surface area contributed by atoms with Crippen LogP contribution < -0.4 is 14.9 Å². The number of ether oxygens (including phenoxy) is 2. The molecule has 0 saturated carbocycles. The average Bonchev–Trinajstić information content (AvgIpc) is 2.55. The van der Waals surface area contributed by atoms with Crippen LogP contribution in [0.15, 0.2) is 45.8 Å². The SMILES string of the molecule is COc1cc2occ(-c3ccccc3O)c(=O)c2c(O)c1OC. The fourth-order valence-corrected chi connectivity index (χ4v) is 2.46. The molecule has 3 rings (SSSR count). The predicted octanol–water partition coefficient (Wildman–Crippen LogP) is 2.89. The molecule has 0 spiro atoms. The first-order valence-corrected chi connectivity index (χ1v) is 6.76. The van der Waals surface area contributed by atoms with Crippen molar-refractivity contribution in [1.82, 2.24) is 0 Å². The number of para-hydroxylation sites is 1. The van der Waals surface area contributed by atoms with E-state index in [-0.39, 0.29) is 39.5 Å². The number of hydrogen-bond donors (Lipinski definition) is 2. The van der Waals surface area contributed by atoms with Crippen LogP contribution in [0.3, 0.4) is 0 Å². The van der Waals surface area contributed by atoms with Crippen molar-refractivity contribution >= 4 is 11.0 Å². The minimum Gasteiger partial charge on any atom is -0.507 e. The van der Waals surface area contributed by atoms with Crippen LogP contribution in [0.5, 0.6) is 23.0 Å². The van der Waals surface area contributed by atoms with Crippen molar-refractivity contribution < 1.29 is 24.1 Å². The molecule has 0 bridgehead atoms. The van der Waals surface area contributed by atoms with E-state index < -0.39 is 5.43 Å². The molecule has 1 heterocycles. The molecule has 2 aromatic carbocycles. The zero-order chi connectivity index (χ0) is 16.6. The van der Waals surface area contributed by atoms with Gasteiger partial charge in [-0.15, -0.1) is 0 Å². The second kappa shape index (κ2) is 5.57. The second-order valence-corrected chi connectivity index (χ2v) is 4.83. The number of methoxy groups -OCH3 is 2. The Balaban J connectivity index is 2.38. The number of hydrogen-bond acceptors (Lipinski definition) is 6. The molecule has 1 aromatic heterocycles. The Bertz CT molecular complexity index is 942. The first-order chi connectivity index (χ1) is 11.1. The first-order valence-electron chi connectivity index (χ1n) is 6.76. The summed E-state index contributed by atoms with van der Waals surface area (Å²) in [5.41, 5.74) is 0.131. The van der Waals surface area contributed by atoms with Gasteiger partial charge in [-0.1, -0.05) is 18.2 Å². The van der Waals surface area contributed by atoms with Gasteiger partial charge in [-0.25, -0.2) is 0 Å². The summed E-state index contributed by atoms with van der Waals surface area (Å²) in [5.74, 6) is -0.135. The normalized spacial score (nSPS) is 10.7. The Labute approximate surface area is 131 Å². The maximum absolute atomic E-state index is 12.7. The minimum absolute atomic E-state index is 0.0385. The second-order valence-electron chi connectivity index (χ2n) is 4.83. The molecule has 2 N–H and O–H groups in total. The number of benzene rings is 2. The summed E-state index contributed by atoms with van der Waals surface area (Å²) >= 11 is 0. The molecule has 0 saturated heterocycles. The minimum atomic E-state index is -0.480. The maximum Gasteiger partial charge on any atom is 0.204 e. The lowest BCUT2D eigenvalue weighted by molar-refractivity contribution is 0.334. The molecule has 0 aliphatic rings. The molecule has 0 aliphatic heterocycles. The lowest BCUT2D eigenvalue weighted by Crippen LogP contribution is -2.06. The van der Waals surface area contributed by atoms with Crippen LogP contribution >= 0.6 is 0 Å². The van der Waals surface area contributed by atoms with Gasteiger partial charge in [-0.3, -0.25) is 4.79 Å². The van der Waals surface area contributed by atoms with E-state index >= 15 is 0 Å². The van der Waals surface area contributed by atoms with E-state index in [0.717, 1.165) is 0 Å². The van der Waals surface area contributed by atoms with E-state index in [2.05, 4.69) is 0 Å². The quantitative estimate of drug-likeness (QED) is 0.772. The summed E-state index contributed by atoms with van der Waals surface area (Å²) in [5, 5.41) is 20.2. The van der Waals surface area contributed by atoms with Crippen molar-refractivity contribution in [3.63, 3.8) is 0 Å². The molecule has 118 valence electrons. The Hall–Kier alpha value is -3.15. The summed E-state index contributed by atoms with van der Waals surface area (Å²) in [6.45, 7) is 0. The summed E-state index contributed by atoms with van der Waals surface area (Å²) in [4.78, 5) is 12.7. The van der Waals surface area contributed by atoms with Crippen molar-refractivity contribution in [3.8, 4) is 34.1 Å². The third-order valence-electron chi connectivity index (χ3n) is 3.58. The van der Waals surface area contributed by atoms with E-state index in [9.17, 15) is 15.0 Å². The van der Waals surface area contributed by atoms with Gasteiger partial charge < -0.3 is 24.1 Å². The van der Waals surface area contributed by atoms with Crippen molar-refractivity contribution in [2.45, 2.75) is 0 Å². The van der Waals surface area contributed by atoms with E-state index in [4.69, 9.17) is 13.9 Å². The van der Waals surface area contributed by atoms with Gasteiger partial charge in [0.05, 0.1) is 19.8 Å². The first kappa shape index (κ1) is 14.8. The van der Waals surface area contributed by atoms with Gasteiger partial charge in [0.25, 0.3) is 0 Å². The van der Waals surface area contributed by atoms with Gasteiger partial charge >= 0.3 is 0 Å². The van der Waals surface area contributed by atoms with E-state index in [1.54, 1.807) is 18.2 Å². The molecule has 0 radical (unpaired) electrons. The van der Waals surface area contributed by atoms with Gasteiger partial charge in [0.15, 0.2) is 11.5 Å². The Morgan fingerprint density at radius 1 is 1.04 bits per heavy atom. The van der Waals surface area contributed by atoms with E-state index in [1.165, 1.54) is 32.6 Å². The summed E-state index contributed by atoms with van der Waals surface area (Å²) in [6, 6.07) is 7.85. The van der Waals surface area contributed by atoms with Crippen molar-refractivity contribution in [2.75, 3.05) is 14.2 Å². The van der Waals surface area contributed by atoms with Crippen LogP contribution in [-0.4, -0.2) is 24.4 Å². The van der Waals surface area contributed by atoms with Gasteiger partial charge in [0.1, 0.15) is 23.0 Å². The molecule has 6 heteroatoms. The maximum atomic E-state index is 12.7. The molecule has 0 atom stereocenters. The molecule has 0 fully saturated rings. The summed E-state index contributed by atoms with van der Waals surface area (Å²) in [7, 11) is 2.77. The summed E-state index contributed by atoms with van der Waals surface area (Å²) in [6.07, 6.45) is 1.24. The zero-order valence-electron chi connectivity index (χ0n) is 12.5. The Morgan fingerprint density at radius 3 is 2.43 bits per heavy atom. The van der Waals surface area contributed by atoms with Crippen LogP contribution in [0.1, 0.15) is 0 Å². The van der Waals surface area contributed by atoms with Gasteiger partial charge in [-0.05, 0) is 6.07 Å². The van der Waals surface area contributed by atoms with Gasteiger partial charge in [-0.2, -0.15) is 0 Å². The highest BCUT2D eigenvalue weighted by atomic mass is 16.5. The Morgan fingerprint density at radius 2 is 1.78 bits per heavy atom. The molecule has 23 heavy (non-hydrogen) atoms. The smallest absolute Gasteiger partial charge is 0.204 e. The largest absolute Gasteiger partial charge is 0.507 e. The van der Waals surface area contributed by atoms with Gasteiger partial charge in [0, 0.05) is 11.6 Å². The van der Waals surface area contributed by atoms with Crippen LogP contribution in [0.25, 0.3) is 22.1 Å². The fourth-order valence-electron chi connectivity index (χ4n) is 2.46. The van der Waals surface area contributed by atoms with Crippen molar-refractivity contribution in [2.24, 2.45) is 0 Å². The number of phenols is 2. The number of fused-ring (bicyclic) bond motifs is 1. The monoisotopic (exact) mass is 314 g/mol. The van der Waals surface area contributed by atoms with Crippen LogP contribution in [-0.2, 0) is 0 Å².